The first kappa shape index (κ1) is 11.1. The van der Waals surface area contributed by atoms with Crippen LogP contribution in [0.15, 0.2) is 22.6 Å². The standard InChI is InChI=1S/C12H15FN2O/c1-3-10(15-14)12-7(2)9-6-8(13)4-5-11(9)16-12/h4-6,10,15H,3,14H2,1-2H3. The highest BCUT2D eigenvalue weighted by molar-refractivity contribution is 5.82. The summed E-state index contributed by atoms with van der Waals surface area (Å²) in [6, 6.07) is 4.49. The molecule has 0 amide bonds. The lowest BCUT2D eigenvalue weighted by molar-refractivity contribution is 0.425. The fourth-order valence-electron chi connectivity index (χ4n) is 1.92. The summed E-state index contributed by atoms with van der Waals surface area (Å²) in [5.41, 5.74) is 4.34. The average molecular weight is 222 g/mol. The van der Waals surface area contributed by atoms with Crippen LogP contribution in [0.5, 0.6) is 0 Å². The third-order valence-electron chi connectivity index (χ3n) is 2.86. The number of fused-ring (bicyclic) bond motifs is 1. The quantitative estimate of drug-likeness (QED) is 0.620. The molecule has 0 spiro atoms. The van der Waals surface area contributed by atoms with Crippen molar-refractivity contribution in [2.75, 3.05) is 0 Å². The SMILES string of the molecule is CCC(NN)c1oc2ccc(F)cc2c1C. The monoisotopic (exact) mass is 222 g/mol. The summed E-state index contributed by atoms with van der Waals surface area (Å²) in [5, 5.41) is 0.809. The number of halogens is 1. The number of rotatable bonds is 3. The van der Waals surface area contributed by atoms with Gasteiger partial charge in [-0.15, -0.1) is 0 Å². The highest BCUT2D eigenvalue weighted by atomic mass is 19.1. The molecule has 0 aliphatic heterocycles. The Bertz CT molecular complexity index is 503. The second-order valence-corrected chi connectivity index (χ2v) is 3.86. The number of hydrogen-bond acceptors (Lipinski definition) is 3. The lowest BCUT2D eigenvalue weighted by Crippen LogP contribution is -2.27. The van der Waals surface area contributed by atoms with Gasteiger partial charge in [-0.3, -0.25) is 5.84 Å². The van der Waals surface area contributed by atoms with Crippen LogP contribution in [0.1, 0.15) is 30.7 Å². The van der Waals surface area contributed by atoms with Gasteiger partial charge in [-0.25, -0.2) is 9.82 Å². The van der Waals surface area contributed by atoms with Gasteiger partial charge in [-0.2, -0.15) is 0 Å². The number of hydrogen-bond donors (Lipinski definition) is 2. The predicted molar refractivity (Wildman–Crippen MR) is 61.3 cm³/mol. The van der Waals surface area contributed by atoms with E-state index in [1.54, 1.807) is 6.07 Å². The predicted octanol–water partition coefficient (Wildman–Crippen LogP) is 2.79. The molecule has 0 bridgehead atoms. The topological polar surface area (TPSA) is 51.2 Å². The van der Waals surface area contributed by atoms with Crippen LogP contribution in [0.3, 0.4) is 0 Å². The molecule has 0 saturated heterocycles. The highest BCUT2D eigenvalue weighted by Crippen LogP contribution is 2.30. The highest BCUT2D eigenvalue weighted by Gasteiger charge is 2.17. The maximum atomic E-state index is 13.1. The van der Waals surface area contributed by atoms with Crippen LogP contribution in [0.25, 0.3) is 11.0 Å². The van der Waals surface area contributed by atoms with E-state index in [1.165, 1.54) is 12.1 Å². The van der Waals surface area contributed by atoms with Gasteiger partial charge >= 0.3 is 0 Å². The van der Waals surface area contributed by atoms with Gasteiger partial charge in [0.25, 0.3) is 0 Å². The molecule has 1 atom stereocenters. The average Bonchev–Trinajstić information content (AvgIpc) is 2.59. The van der Waals surface area contributed by atoms with Gasteiger partial charge in [0.05, 0.1) is 6.04 Å². The first-order valence-corrected chi connectivity index (χ1v) is 5.32. The van der Waals surface area contributed by atoms with Crippen LogP contribution >= 0.6 is 0 Å². The van der Waals surface area contributed by atoms with E-state index in [0.29, 0.717) is 5.58 Å². The Morgan fingerprint density at radius 1 is 1.50 bits per heavy atom. The Kier molecular flexibility index (Phi) is 2.94. The van der Waals surface area contributed by atoms with E-state index in [9.17, 15) is 4.39 Å². The molecule has 4 heteroatoms. The van der Waals surface area contributed by atoms with Crippen LogP contribution in [-0.2, 0) is 0 Å². The summed E-state index contributed by atoms with van der Waals surface area (Å²) in [6.07, 6.45) is 0.819. The van der Waals surface area contributed by atoms with Crippen molar-refractivity contribution in [2.45, 2.75) is 26.3 Å². The van der Waals surface area contributed by atoms with Gasteiger partial charge in [0.15, 0.2) is 0 Å². The molecule has 1 aromatic carbocycles. The maximum absolute atomic E-state index is 13.1. The van der Waals surface area contributed by atoms with Gasteiger partial charge in [-0.1, -0.05) is 6.92 Å². The lowest BCUT2D eigenvalue weighted by Gasteiger charge is -2.10. The minimum absolute atomic E-state index is 0.0320. The summed E-state index contributed by atoms with van der Waals surface area (Å²) in [4.78, 5) is 0. The van der Waals surface area contributed by atoms with Crippen LogP contribution in [0, 0.1) is 12.7 Å². The first-order chi connectivity index (χ1) is 7.67. The molecule has 0 fully saturated rings. The zero-order chi connectivity index (χ0) is 11.7. The molecule has 1 unspecified atom stereocenters. The Hall–Kier alpha value is -1.39. The van der Waals surface area contributed by atoms with E-state index in [0.717, 1.165) is 23.1 Å². The van der Waals surface area contributed by atoms with Crippen molar-refractivity contribution in [2.24, 2.45) is 5.84 Å². The Morgan fingerprint density at radius 2 is 2.25 bits per heavy atom. The minimum Gasteiger partial charge on any atom is -0.459 e. The maximum Gasteiger partial charge on any atom is 0.134 e. The van der Waals surface area contributed by atoms with Crippen LogP contribution in [0.2, 0.25) is 0 Å². The lowest BCUT2D eigenvalue weighted by atomic mass is 10.1. The molecule has 0 aliphatic rings. The molecule has 3 N–H and O–H groups in total. The molecule has 0 radical (unpaired) electrons. The van der Waals surface area contributed by atoms with Gasteiger partial charge in [0.2, 0.25) is 0 Å². The number of aryl methyl sites for hydroxylation is 1. The first-order valence-electron chi connectivity index (χ1n) is 5.32. The number of benzene rings is 1. The van der Waals surface area contributed by atoms with Crippen molar-refractivity contribution in [3.63, 3.8) is 0 Å². The second-order valence-electron chi connectivity index (χ2n) is 3.86. The molecule has 3 nitrogen and oxygen atoms in total. The van der Waals surface area contributed by atoms with Gasteiger partial charge in [0, 0.05) is 10.9 Å². The van der Waals surface area contributed by atoms with Gasteiger partial charge in [-0.05, 0) is 31.5 Å². The van der Waals surface area contributed by atoms with E-state index in [1.807, 2.05) is 13.8 Å². The van der Waals surface area contributed by atoms with Gasteiger partial charge < -0.3 is 4.42 Å². The zero-order valence-corrected chi connectivity index (χ0v) is 9.38. The van der Waals surface area contributed by atoms with E-state index in [2.05, 4.69) is 5.43 Å². The van der Waals surface area contributed by atoms with Crippen molar-refractivity contribution >= 4 is 11.0 Å². The molecular formula is C12H15FN2O. The Morgan fingerprint density at radius 3 is 2.88 bits per heavy atom. The Balaban J connectivity index is 2.59. The summed E-state index contributed by atoms with van der Waals surface area (Å²) >= 11 is 0. The van der Waals surface area contributed by atoms with Crippen molar-refractivity contribution in [1.82, 2.24) is 5.43 Å². The number of nitrogens with two attached hydrogens (primary N) is 1. The molecule has 2 rings (SSSR count). The van der Waals surface area contributed by atoms with E-state index in [-0.39, 0.29) is 11.9 Å². The van der Waals surface area contributed by atoms with Crippen molar-refractivity contribution in [3.05, 3.63) is 35.3 Å². The molecule has 86 valence electrons. The molecule has 2 aromatic rings. The molecule has 1 heterocycles. The van der Waals surface area contributed by atoms with Crippen molar-refractivity contribution in [3.8, 4) is 0 Å². The number of hydrazine groups is 1. The van der Waals surface area contributed by atoms with Crippen molar-refractivity contribution < 1.29 is 8.81 Å². The summed E-state index contributed by atoms with van der Waals surface area (Å²) in [5.74, 6) is 5.98. The molecule has 1 aromatic heterocycles. The Labute approximate surface area is 93.4 Å². The summed E-state index contributed by atoms with van der Waals surface area (Å²) in [6.45, 7) is 3.93. The van der Waals surface area contributed by atoms with E-state index < -0.39 is 0 Å². The third-order valence-corrected chi connectivity index (χ3v) is 2.86. The van der Waals surface area contributed by atoms with Gasteiger partial charge in [0.1, 0.15) is 17.2 Å². The summed E-state index contributed by atoms with van der Waals surface area (Å²) < 4.78 is 18.8. The minimum atomic E-state index is -0.253. The van der Waals surface area contributed by atoms with E-state index in [4.69, 9.17) is 10.3 Å². The van der Waals surface area contributed by atoms with Crippen LogP contribution in [0.4, 0.5) is 4.39 Å². The van der Waals surface area contributed by atoms with E-state index >= 15 is 0 Å². The second kappa shape index (κ2) is 4.23. The normalized spacial score (nSPS) is 13.2. The van der Waals surface area contributed by atoms with Crippen LogP contribution in [-0.4, -0.2) is 0 Å². The molecule has 0 saturated carbocycles. The number of furan rings is 1. The largest absolute Gasteiger partial charge is 0.459 e. The number of nitrogens with one attached hydrogen (secondary N) is 1. The van der Waals surface area contributed by atoms with Crippen LogP contribution < -0.4 is 11.3 Å². The van der Waals surface area contributed by atoms with Crippen molar-refractivity contribution in [1.29, 1.82) is 0 Å². The fraction of sp³-hybridized carbons (Fsp3) is 0.333. The summed E-state index contributed by atoms with van der Waals surface area (Å²) in [7, 11) is 0. The molecule has 0 aliphatic carbocycles. The third kappa shape index (κ3) is 1.70. The molecule has 16 heavy (non-hydrogen) atoms. The smallest absolute Gasteiger partial charge is 0.134 e. The fourth-order valence-corrected chi connectivity index (χ4v) is 1.92. The molecular weight excluding hydrogens is 207 g/mol. The zero-order valence-electron chi connectivity index (χ0n) is 9.38.